The Morgan fingerprint density at radius 2 is 1.70 bits per heavy atom. The molecule has 2 aliphatic rings. The van der Waals surface area contributed by atoms with Gasteiger partial charge in [-0.2, -0.15) is 0 Å². The molecular formula is C15H25Cl3SiTi. The minimum absolute atomic E-state index is 0. The van der Waals surface area contributed by atoms with Gasteiger partial charge in [-0.05, 0) is 0 Å². The Morgan fingerprint density at radius 1 is 1.15 bits per heavy atom. The minimum atomic E-state index is 0. The summed E-state index contributed by atoms with van der Waals surface area (Å²) in [7, 11) is 0.0148. The molecule has 0 aromatic rings. The summed E-state index contributed by atoms with van der Waals surface area (Å²) in [4.78, 5) is 0. The maximum absolute atomic E-state index is 2.60. The first-order valence-electron chi connectivity index (χ1n) is 6.99. The molecule has 0 spiro atoms. The average Bonchev–Trinajstić information content (AvgIpc) is 2.50. The first-order valence-corrected chi connectivity index (χ1v) is 9.48. The second kappa shape index (κ2) is 8.79. The van der Waals surface area contributed by atoms with Gasteiger partial charge in [-0.3, -0.25) is 0 Å². The van der Waals surface area contributed by atoms with E-state index in [0.29, 0.717) is 8.76 Å². The second-order valence-corrected chi connectivity index (χ2v) is 11.5. The minimum Gasteiger partial charge on any atom is -1.00 e. The first kappa shape index (κ1) is 23.5. The molecule has 0 amide bonds. The molecule has 0 heterocycles. The SMILES string of the molecule is CC1=C[C]([Ti+3])(C[SiH2]C(C)(C)C)C2=C1CCCC2.[Cl-].[Cl-].[Cl-]. The van der Waals surface area contributed by atoms with Gasteiger partial charge in [0.15, 0.2) is 0 Å². The van der Waals surface area contributed by atoms with Crippen LogP contribution in [0, 0.1) is 0 Å². The van der Waals surface area contributed by atoms with Crippen LogP contribution in [-0.2, 0) is 20.4 Å². The van der Waals surface area contributed by atoms with E-state index in [-0.39, 0.29) is 46.7 Å². The molecule has 0 fully saturated rings. The zero-order chi connectivity index (χ0) is 12.7. The van der Waals surface area contributed by atoms with E-state index in [4.69, 9.17) is 0 Å². The van der Waals surface area contributed by atoms with Crippen molar-refractivity contribution >= 4 is 9.52 Å². The van der Waals surface area contributed by atoms with Crippen LogP contribution in [0.4, 0.5) is 0 Å². The van der Waals surface area contributed by atoms with Crippen LogP contribution in [0.3, 0.4) is 0 Å². The van der Waals surface area contributed by atoms with Crippen molar-refractivity contribution in [1.29, 1.82) is 0 Å². The van der Waals surface area contributed by atoms with E-state index in [0.717, 1.165) is 0 Å². The van der Waals surface area contributed by atoms with E-state index < -0.39 is 0 Å². The summed E-state index contributed by atoms with van der Waals surface area (Å²) in [5.74, 6) is 0. The van der Waals surface area contributed by atoms with Crippen LogP contribution in [0.1, 0.15) is 53.4 Å². The smallest absolute Gasteiger partial charge is 1.00 e. The summed E-state index contributed by atoms with van der Waals surface area (Å²) in [5.41, 5.74) is 5.16. The van der Waals surface area contributed by atoms with E-state index in [1.807, 2.05) is 5.57 Å². The molecule has 0 bridgehead atoms. The van der Waals surface area contributed by atoms with Crippen molar-refractivity contribution in [3.63, 3.8) is 0 Å². The summed E-state index contributed by atoms with van der Waals surface area (Å²) in [6.07, 6.45) is 8.16. The van der Waals surface area contributed by atoms with E-state index in [1.54, 1.807) is 11.1 Å². The van der Waals surface area contributed by atoms with Gasteiger partial charge < -0.3 is 37.2 Å². The predicted molar refractivity (Wildman–Crippen MR) is 75.0 cm³/mol. The third-order valence-electron chi connectivity index (χ3n) is 4.21. The molecule has 2 rings (SSSR count). The Kier molecular flexibility index (Phi) is 10.4. The van der Waals surface area contributed by atoms with Gasteiger partial charge in [0.25, 0.3) is 0 Å². The van der Waals surface area contributed by atoms with Gasteiger partial charge in [0, 0.05) is 0 Å². The zero-order valence-corrected chi connectivity index (χ0v) is 18.2. The Hall–Kier alpha value is 1.28. The van der Waals surface area contributed by atoms with Gasteiger partial charge in [-0.15, -0.1) is 0 Å². The number of rotatable bonds is 2. The largest absolute Gasteiger partial charge is 1.00 e. The Morgan fingerprint density at radius 3 is 2.25 bits per heavy atom. The fourth-order valence-electron chi connectivity index (χ4n) is 3.17. The first-order chi connectivity index (χ1) is 7.82. The normalized spacial score (nSPS) is 25.6. The fourth-order valence-corrected chi connectivity index (χ4v) is 6.12. The maximum atomic E-state index is 2.60. The average molecular weight is 388 g/mol. The number of hydrogen-bond donors (Lipinski definition) is 0. The molecule has 0 N–H and O–H groups in total. The monoisotopic (exact) mass is 386 g/mol. The van der Waals surface area contributed by atoms with Crippen molar-refractivity contribution in [3.8, 4) is 0 Å². The van der Waals surface area contributed by atoms with Crippen molar-refractivity contribution in [2.24, 2.45) is 0 Å². The molecule has 20 heavy (non-hydrogen) atoms. The summed E-state index contributed by atoms with van der Waals surface area (Å²) in [5, 5.41) is 0.600. The molecular weight excluding hydrogens is 362 g/mol. The molecule has 0 aliphatic heterocycles. The summed E-state index contributed by atoms with van der Waals surface area (Å²) in [6.45, 7) is 9.60. The molecule has 0 saturated carbocycles. The Bertz CT molecular complexity index is 385. The van der Waals surface area contributed by atoms with E-state index in [2.05, 4.69) is 54.2 Å². The summed E-state index contributed by atoms with van der Waals surface area (Å²) in [6, 6.07) is 1.46. The quantitative estimate of drug-likeness (QED) is 0.418. The molecule has 0 aromatic carbocycles. The molecule has 0 aromatic heterocycles. The topological polar surface area (TPSA) is 0 Å². The van der Waals surface area contributed by atoms with Gasteiger partial charge in [-0.25, -0.2) is 0 Å². The molecule has 0 radical (unpaired) electrons. The van der Waals surface area contributed by atoms with Gasteiger partial charge in [0.05, 0.1) is 0 Å². The second-order valence-electron chi connectivity index (χ2n) is 7.02. The predicted octanol–water partition coefficient (Wildman–Crippen LogP) is -4.66. The van der Waals surface area contributed by atoms with E-state index in [9.17, 15) is 0 Å². The summed E-state index contributed by atoms with van der Waals surface area (Å²) < 4.78 is 0.444. The van der Waals surface area contributed by atoms with Crippen LogP contribution >= 0.6 is 0 Å². The molecule has 5 heteroatoms. The van der Waals surface area contributed by atoms with Crippen LogP contribution in [0.25, 0.3) is 0 Å². The third kappa shape index (κ3) is 5.48. The van der Waals surface area contributed by atoms with Crippen molar-refractivity contribution in [2.75, 3.05) is 0 Å². The number of hydrogen-bond acceptors (Lipinski definition) is 0. The van der Waals surface area contributed by atoms with Gasteiger partial charge in [-0.1, -0.05) is 0 Å². The Balaban J connectivity index is 0. The zero-order valence-electron chi connectivity index (χ0n) is 13.0. The number of allylic oxidation sites excluding steroid dienone is 4. The van der Waals surface area contributed by atoms with Gasteiger partial charge in [0.1, 0.15) is 0 Å². The number of halogens is 3. The van der Waals surface area contributed by atoms with Gasteiger partial charge >= 0.3 is 121 Å². The van der Waals surface area contributed by atoms with E-state index in [1.165, 1.54) is 31.7 Å². The van der Waals surface area contributed by atoms with Crippen molar-refractivity contribution in [1.82, 2.24) is 0 Å². The molecule has 0 nitrogen and oxygen atoms in total. The fraction of sp³-hybridized carbons (Fsp3) is 0.733. The van der Waals surface area contributed by atoms with Crippen LogP contribution in [0.2, 0.25) is 14.8 Å². The van der Waals surface area contributed by atoms with Crippen molar-refractivity contribution < 1.29 is 57.7 Å². The van der Waals surface area contributed by atoms with E-state index >= 15 is 0 Å². The molecule has 0 saturated heterocycles. The third-order valence-corrected chi connectivity index (χ3v) is 8.62. The Labute approximate surface area is 157 Å². The standard InChI is InChI=1S/C15H25Si.3ClH.Ti/c1-11-9-12(10-16-15(2,3)4)14-8-6-5-7-13(11)14;;;;/h9H,5-8,10,16H2,1-4H3;3*1H;/q;;;;+3/p-3. The molecule has 1 unspecified atom stereocenters. The maximum Gasteiger partial charge on any atom is -1.00 e. The van der Waals surface area contributed by atoms with Crippen molar-refractivity contribution in [2.45, 2.75) is 68.2 Å². The van der Waals surface area contributed by atoms with Gasteiger partial charge in [0.2, 0.25) is 0 Å². The molecule has 2 aliphatic carbocycles. The van der Waals surface area contributed by atoms with Crippen LogP contribution < -0.4 is 37.2 Å². The van der Waals surface area contributed by atoms with Crippen LogP contribution in [0.5, 0.6) is 0 Å². The summed E-state index contributed by atoms with van der Waals surface area (Å²) >= 11 is 2.50. The molecule has 114 valence electrons. The van der Waals surface area contributed by atoms with Crippen LogP contribution in [0.15, 0.2) is 22.8 Å². The van der Waals surface area contributed by atoms with Crippen molar-refractivity contribution in [3.05, 3.63) is 22.8 Å². The molecule has 1 atom stereocenters. The van der Waals surface area contributed by atoms with Crippen LogP contribution in [-0.4, -0.2) is 9.52 Å².